The van der Waals surface area contributed by atoms with Gasteiger partial charge in [0.15, 0.2) is 0 Å². The van der Waals surface area contributed by atoms with Crippen molar-refractivity contribution >= 4 is 5.91 Å². The molecule has 6 unspecified atom stereocenters. The minimum absolute atomic E-state index is 0.401. The standard InChI is InChI=1S/C19H27NO/c1-2-3-7-20-8-6-14-15-11-19(17(14)18(20)21)10-12-4-5-13(15)16(19)9-12/h4,13-17H,2-3,5-11H2,1H3. The highest BCUT2D eigenvalue weighted by atomic mass is 16.2. The Balaban J connectivity index is 1.49. The summed E-state index contributed by atoms with van der Waals surface area (Å²) < 4.78 is 0. The van der Waals surface area contributed by atoms with Gasteiger partial charge in [-0.2, -0.15) is 0 Å². The smallest absolute Gasteiger partial charge is 0.226 e. The van der Waals surface area contributed by atoms with E-state index in [9.17, 15) is 4.79 Å². The Morgan fingerprint density at radius 1 is 1.33 bits per heavy atom. The largest absolute Gasteiger partial charge is 0.342 e. The molecule has 5 rings (SSSR count). The molecule has 0 aromatic carbocycles. The Morgan fingerprint density at radius 2 is 2.24 bits per heavy atom. The highest BCUT2D eigenvalue weighted by Gasteiger charge is 2.71. The Bertz CT molecular complexity index is 524. The summed E-state index contributed by atoms with van der Waals surface area (Å²) in [7, 11) is 0. The summed E-state index contributed by atoms with van der Waals surface area (Å²) in [5, 5.41) is 0. The molecule has 1 saturated heterocycles. The molecule has 114 valence electrons. The van der Waals surface area contributed by atoms with Gasteiger partial charge in [-0.1, -0.05) is 25.0 Å². The van der Waals surface area contributed by atoms with E-state index in [1.165, 1.54) is 44.9 Å². The van der Waals surface area contributed by atoms with E-state index in [0.717, 1.165) is 36.8 Å². The molecular formula is C19H27NO. The molecule has 0 radical (unpaired) electrons. The van der Waals surface area contributed by atoms with Gasteiger partial charge in [0.05, 0.1) is 0 Å². The molecule has 4 bridgehead atoms. The third-order valence-corrected chi connectivity index (χ3v) is 7.83. The molecule has 3 saturated carbocycles. The predicted octanol–water partition coefficient (Wildman–Crippen LogP) is 3.63. The molecule has 1 aliphatic heterocycles. The first kappa shape index (κ1) is 12.7. The average Bonchev–Trinajstić information content (AvgIpc) is 3.07. The molecule has 0 N–H and O–H groups in total. The van der Waals surface area contributed by atoms with E-state index in [2.05, 4.69) is 17.9 Å². The molecule has 6 atom stereocenters. The summed E-state index contributed by atoms with van der Waals surface area (Å²) in [5.74, 6) is 4.39. The van der Waals surface area contributed by atoms with Gasteiger partial charge in [0, 0.05) is 19.0 Å². The first-order valence-electron chi connectivity index (χ1n) is 9.21. The lowest BCUT2D eigenvalue weighted by molar-refractivity contribution is -0.150. The fourth-order valence-electron chi connectivity index (χ4n) is 7.20. The van der Waals surface area contributed by atoms with Crippen LogP contribution in [0.4, 0.5) is 0 Å². The number of likely N-dealkylation sites (tertiary alicyclic amines) is 1. The first-order chi connectivity index (χ1) is 10.2. The molecule has 21 heavy (non-hydrogen) atoms. The van der Waals surface area contributed by atoms with Crippen molar-refractivity contribution in [2.75, 3.05) is 13.1 Å². The van der Waals surface area contributed by atoms with Crippen molar-refractivity contribution in [1.82, 2.24) is 4.90 Å². The maximum atomic E-state index is 13.2. The number of hydrogen-bond acceptors (Lipinski definition) is 1. The number of piperidine rings is 1. The Labute approximate surface area is 128 Å². The van der Waals surface area contributed by atoms with Gasteiger partial charge in [0.25, 0.3) is 0 Å². The second kappa shape index (κ2) is 4.14. The van der Waals surface area contributed by atoms with Crippen LogP contribution in [0, 0.1) is 35.0 Å². The van der Waals surface area contributed by atoms with Crippen molar-refractivity contribution < 1.29 is 4.79 Å². The highest BCUT2D eigenvalue weighted by molar-refractivity contribution is 5.82. The van der Waals surface area contributed by atoms with Crippen molar-refractivity contribution in [3.05, 3.63) is 11.6 Å². The molecule has 0 aromatic heterocycles. The Kier molecular flexibility index (Phi) is 2.51. The van der Waals surface area contributed by atoms with Gasteiger partial charge >= 0.3 is 0 Å². The SMILES string of the molecule is CCCCN1CCC2C3CC4(CC5=CCC3C4C5)C2C1=O. The lowest BCUT2D eigenvalue weighted by Crippen LogP contribution is -2.53. The van der Waals surface area contributed by atoms with Crippen LogP contribution >= 0.6 is 0 Å². The van der Waals surface area contributed by atoms with Crippen LogP contribution in [0.5, 0.6) is 0 Å². The lowest BCUT2D eigenvalue weighted by Gasteiger charge is -2.48. The molecule has 1 heterocycles. The average molecular weight is 285 g/mol. The van der Waals surface area contributed by atoms with Crippen LogP contribution in [0.2, 0.25) is 0 Å². The number of allylic oxidation sites excluding steroid dienone is 2. The van der Waals surface area contributed by atoms with Crippen molar-refractivity contribution in [2.24, 2.45) is 35.0 Å². The van der Waals surface area contributed by atoms with Gasteiger partial charge in [0.2, 0.25) is 5.91 Å². The van der Waals surface area contributed by atoms with E-state index in [4.69, 9.17) is 0 Å². The predicted molar refractivity (Wildman–Crippen MR) is 82.5 cm³/mol. The number of unbranched alkanes of at least 4 members (excludes halogenated alkanes) is 1. The second-order valence-corrected chi connectivity index (χ2v) is 8.46. The number of carbonyl (C=O) groups is 1. The number of fused-ring (bicyclic) bond motifs is 5. The summed E-state index contributed by atoms with van der Waals surface area (Å²) in [4.78, 5) is 15.4. The lowest BCUT2D eigenvalue weighted by atomic mass is 9.59. The second-order valence-electron chi connectivity index (χ2n) is 8.46. The maximum absolute atomic E-state index is 13.2. The van der Waals surface area contributed by atoms with Gasteiger partial charge in [0.1, 0.15) is 0 Å². The van der Waals surface area contributed by atoms with E-state index < -0.39 is 0 Å². The molecule has 0 aromatic rings. The van der Waals surface area contributed by atoms with Crippen LogP contribution in [0.1, 0.15) is 51.9 Å². The summed E-state index contributed by atoms with van der Waals surface area (Å²) in [6, 6.07) is 0. The molecule has 2 nitrogen and oxygen atoms in total. The molecule has 4 fully saturated rings. The van der Waals surface area contributed by atoms with Gasteiger partial charge < -0.3 is 4.90 Å². The van der Waals surface area contributed by atoms with E-state index in [1.807, 2.05) is 0 Å². The summed E-state index contributed by atoms with van der Waals surface area (Å²) >= 11 is 0. The normalized spacial score (nSPS) is 49.6. The van der Waals surface area contributed by atoms with Crippen LogP contribution in [0.3, 0.4) is 0 Å². The molecule has 2 heteroatoms. The summed E-state index contributed by atoms with van der Waals surface area (Å²) in [6.45, 7) is 4.28. The number of nitrogens with zero attached hydrogens (tertiary/aromatic N) is 1. The molecule has 1 amide bonds. The summed E-state index contributed by atoms with van der Waals surface area (Å²) in [5.41, 5.74) is 2.11. The number of rotatable bonds is 3. The van der Waals surface area contributed by atoms with Gasteiger partial charge in [-0.15, -0.1) is 0 Å². The van der Waals surface area contributed by atoms with Gasteiger partial charge in [-0.05, 0) is 67.6 Å². The zero-order valence-electron chi connectivity index (χ0n) is 13.2. The van der Waals surface area contributed by atoms with E-state index in [1.54, 1.807) is 5.57 Å². The van der Waals surface area contributed by atoms with Crippen LogP contribution < -0.4 is 0 Å². The third-order valence-electron chi connectivity index (χ3n) is 7.83. The topological polar surface area (TPSA) is 20.3 Å². The fraction of sp³-hybridized carbons (Fsp3) is 0.842. The van der Waals surface area contributed by atoms with Crippen LogP contribution in [-0.4, -0.2) is 23.9 Å². The fourth-order valence-corrected chi connectivity index (χ4v) is 7.20. The minimum atomic E-state index is 0.401. The third kappa shape index (κ3) is 1.42. The highest BCUT2D eigenvalue weighted by Crippen LogP contribution is 2.75. The van der Waals surface area contributed by atoms with Gasteiger partial charge in [-0.25, -0.2) is 0 Å². The quantitative estimate of drug-likeness (QED) is 0.725. The first-order valence-corrected chi connectivity index (χ1v) is 9.21. The van der Waals surface area contributed by atoms with Crippen molar-refractivity contribution in [3.8, 4) is 0 Å². The van der Waals surface area contributed by atoms with Gasteiger partial charge in [-0.3, -0.25) is 4.79 Å². The van der Waals surface area contributed by atoms with Crippen LogP contribution in [0.25, 0.3) is 0 Å². The molecule has 4 aliphatic carbocycles. The minimum Gasteiger partial charge on any atom is -0.342 e. The zero-order chi connectivity index (χ0) is 14.2. The molecule has 1 spiro atoms. The van der Waals surface area contributed by atoms with Crippen molar-refractivity contribution in [1.29, 1.82) is 0 Å². The molecule has 5 aliphatic rings. The van der Waals surface area contributed by atoms with E-state index >= 15 is 0 Å². The zero-order valence-corrected chi connectivity index (χ0v) is 13.2. The Morgan fingerprint density at radius 3 is 3.10 bits per heavy atom. The van der Waals surface area contributed by atoms with Crippen LogP contribution in [0.15, 0.2) is 11.6 Å². The number of hydrogen-bond donors (Lipinski definition) is 0. The van der Waals surface area contributed by atoms with E-state index in [-0.39, 0.29) is 0 Å². The summed E-state index contributed by atoms with van der Waals surface area (Å²) in [6.07, 6.45) is 11.6. The Hall–Kier alpha value is -0.790. The van der Waals surface area contributed by atoms with Crippen LogP contribution in [-0.2, 0) is 4.79 Å². The number of amides is 1. The monoisotopic (exact) mass is 285 g/mol. The molecular weight excluding hydrogens is 258 g/mol. The maximum Gasteiger partial charge on any atom is 0.226 e. The van der Waals surface area contributed by atoms with Crippen molar-refractivity contribution in [2.45, 2.75) is 51.9 Å². The van der Waals surface area contributed by atoms with E-state index in [0.29, 0.717) is 17.2 Å². The number of carbonyl (C=O) groups excluding carboxylic acids is 1. The van der Waals surface area contributed by atoms with Crippen molar-refractivity contribution in [3.63, 3.8) is 0 Å².